The second-order valence-electron chi connectivity index (χ2n) is 6.50. The lowest BCUT2D eigenvalue weighted by Crippen LogP contribution is -2.36. The Kier molecular flexibility index (Phi) is 7.78. The van der Waals surface area contributed by atoms with Crippen LogP contribution in [0.4, 0.5) is 0 Å². The summed E-state index contributed by atoms with van der Waals surface area (Å²) in [4.78, 5) is 14.4. The summed E-state index contributed by atoms with van der Waals surface area (Å²) < 4.78 is 15.9. The molecule has 144 valence electrons. The lowest BCUT2D eigenvalue weighted by Gasteiger charge is -2.23. The van der Waals surface area contributed by atoms with E-state index in [1.807, 2.05) is 0 Å². The highest BCUT2D eigenvalue weighted by Crippen LogP contribution is 2.38. The van der Waals surface area contributed by atoms with Crippen LogP contribution < -0.4 is 19.5 Å². The van der Waals surface area contributed by atoms with Crippen molar-refractivity contribution in [3.63, 3.8) is 0 Å². The lowest BCUT2D eigenvalue weighted by atomic mass is 10.1. The van der Waals surface area contributed by atoms with Gasteiger partial charge in [-0.1, -0.05) is 12.8 Å². The molecule has 26 heavy (non-hydrogen) atoms. The summed E-state index contributed by atoms with van der Waals surface area (Å²) in [7, 11) is 6.83. The van der Waals surface area contributed by atoms with Crippen LogP contribution in [0.5, 0.6) is 17.2 Å². The predicted molar refractivity (Wildman–Crippen MR) is 103 cm³/mol. The molecule has 6 heteroatoms. The molecule has 0 unspecified atom stereocenters. The Labute approximate surface area is 156 Å². The molecular weight excluding hydrogens is 332 g/mol. The van der Waals surface area contributed by atoms with Gasteiger partial charge >= 0.3 is 0 Å². The third kappa shape index (κ3) is 5.39. The molecule has 0 heterocycles. The average Bonchev–Trinajstić information content (AvgIpc) is 3.20. The summed E-state index contributed by atoms with van der Waals surface area (Å²) in [6, 6.07) is 4.28. The normalized spacial score (nSPS) is 14.8. The van der Waals surface area contributed by atoms with Gasteiger partial charge in [-0.2, -0.15) is 0 Å². The first-order valence-electron chi connectivity index (χ1n) is 9.05. The molecule has 0 bridgehead atoms. The molecule has 0 aromatic heterocycles. The smallest absolute Gasteiger partial charge is 0.244 e. The molecule has 6 nitrogen and oxygen atoms in total. The Morgan fingerprint density at radius 1 is 1.15 bits per heavy atom. The molecule has 0 atom stereocenters. The average molecular weight is 362 g/mol. The molecule has 0 saturated heterocycles. The van der Waals surface area contributed by atoms with Crippen molar-refractivity contribution in [2.24, 2.45) is 0 Å². The third-order valence-corrected chi connectivity index (χ3v) is 4.83. The fourth-order valence-electron chi connectivity index (χ4n) is 3.31. The molecule has 0 aliphatic heterocycles. The van der Waals surface area contributed by atoms with Crippen LogP contribution in [0.25, 0.3) is 6.08 Å². The highest BCUT2D eigenvalue weighted by atomic mass is 16.5. The number of benzene rings is 1. The number of methoxy groups -OCH3 is 3. The fraction of sp³-hybridized carbons (Fsp3) is 0.550. The first-order valence-corrected chi connectivity index (χ1v) is 9.05. The molecule has 1 aliphatic rings. The molecular formula is C20H30N2O4. The number of carbonyl (C=O) groups excluding carboxylic acids is 1. The second kappa shape index (κ2) is 10.1. The number of nitrogens with zero attached hydrogens (tertiary/aromatic N) is 1. The summed E-state index contributed by atoms with van der Waals surface area (Å²) in [6.07, 6.45) is 8.44. The topological polar surface area (TPSA) is 60.0 Å². The van der Waals surface area contributed by atoms with Gasteiger partial charge in [0, 0.05) is 25.2 Å². The van der Waals surface area contributed by atoms with Gasteiger partial charge in [-0.25, -0.2) is 0 Å². The van der Waals surface area contributed by atoms with Crippen LogP contribution in [0.3, 0.4) is 0 Å². The highest BCUT2D eigenvalue weighted by Gasteiger charge is 2.18. The van der Waals surface area contributed by atoms with Crippen LogP contribution in [-0.4, -0.2) is 58.3 Å². The minimum Gasteiger partial charge on any atom is -0.493 e. The molecule has 0 spiro atoms. The van der Waals surface area contributed by atoms with Crippen LogP contribution in [-0.2, 0) is 4.79 Å². The van der Waals surface area contributed by atoms with Crippen molar-refractivity contribution in [2.45, 2.75) is 31.7 Å². The molecule has 1 saturated carbocycles. The van der Waals surface area contributed by atoms with Crippen molar-refractivity contribution in [1.82, 2.24) is 10.2 Å². The van der Waals surface area contributed by atoms with Crippen molar-refractivity contribution in [1.29, 1.82) is 0 Å². The summed E-state index contributed by atoms with van der Waals surface area (Å²) in [6.45, 7) is 1.51. The van der Waals surface area contributed by atoms with Crippen LogP contribution in [0.15, 0.2) is 18.2 Å². The maximum absolute atomic E-state index is 12.0. The number of carbonyl (C=O) groups is 1. The van der Waals surface area contributed by atoms with Crippen LogP contribution in [0.1, 0.15) is 31.2 Å². The molecule has 2 rings (SSSR count). The zero-order valence-electron chi connectivity index (χ0n) is 16.2. The number of ether oxygens (including phenoxy) is 3. The first-order chi connectivity index (χ1) is 12.6. The number of amides is 1. The minimum atomic E-state index is -0.112. The fourth-order valence-corrected chi connectivity index (χ4v) is 3.31. The Balaban J connectivity index is 1.88. The van der Waals surface area contributed by atoms with E-state index in [2.05, 4.69) is 17.3 Å². The van der Waals surface area contributed by atoms with Crippen molar-refractivity contribution in [3.8, 4) is 17.2 Å². The Hall–Kier alpha value is -2.21. The van der Waals surface area contributed by atoms with Crippen molar-refractivity contribution in [2.75, 3.05) is 41.5 Å². The van der Waals surface area contributed by atoms with Gasteiger partial charge < -0.3 is 24.4 Å². The van der Waals surface area contributed by atoms with E-state index in [0.29, 0.717) is 29.8 Å². The quantitative estimate of drug-likeness (QED) is 0.685. The summed E-state index contributed by atoms with van der Waals surface area (Å²) in [5.74, 6) is 1.54. The van der Waals surface area contributed by atoms with Crippen molar-refractivity contribution < 1.29 is 19.0 Å². The third-order valence-electron chi connectivity index (χ3n) is 4.83. The van der Waals surface area contributed by atoms with Gasteiger partial charge in [0.25, 0.3) is 0 Å². The summed E-state index contributed by atoms with van der Waals surface area (Å²) in [5.41, 5.74) is 0.803. The number of hydrogen-bond acceptors (Lipinski definition) is 5. The van der Waals surface area contributed by atoms with Crippen LogP contribution in [0.2, 0.25) is 0 Å². The summed E-state index contributed by atoms with van der Waals surface area (Å²) in [5, 5.41) is 2.93. The van der Waals surface area contributed by atoms with Crippen LogP contribution in [0, 0.1) is 0 Å². The Morgan fingerprint density at radius 3 is 2.31 bits per heavy atom. The molecule has 0 radical (unpaired) electrons. The standard InChI is InChI=1S/C20H30N2O4/c1-22(16-7-5-6-8-16)12-11-21-19(23)10-9-15-13-17(24-2)20(26-4)18(14-15)25-3/h9-10,13-14,16H,5-8,11-12H2,1-4H3,(H,21,23)/b10-9+. The summed E-state index contributed by atoms with van der Waals surface area (Å²) >= 11 is 0. The van der Waals surface area contributed by atoms with E-state index < -0.39 is 0 Å². The van der Waals surface area contributed by atoms with Gasteiger partial charge in [-0.15, -0.1) is 0 Å². The van der Waals surface area contributed by atoms with E-state index in [1.54, 1.807) is 39.5 Å². The molecule has 1 aromatic carbocycles. The van der Waals surface area contributed by atoms with E-state index in [4.69, 9.17) is 14.2 Å². The van der Waals surface area contributed by atoms with E-state index in [-0.39, 0.29) is 5.91 Å². The number of likely N-dealkylation sites (N-methyl/N-ethyl adjacent to an activating group) is 1. The largest absolute Gasteiger partial charge is 0.493 e. The van der Waals surface area contributed by atoms with E-state index in [1.165, 1.54) is 31.8 Å². The second-order valence-corrected chi connectivity index (χ2v) is 6.50. The van der Waals surface area contributed by atoms with Gasteiger partial charge in [0.05, 0.1) is 21.3 Å². The number of rotatable bonds is 9. The molecule has 1 amide bonds. The van der Waals surface area contributed by atoms with E-state index >= 15 is 0 Å². The van der Waals surface area contributed by atoms with Gasteiger partial charge in [-0.05, 0) is 43.7 Å². The lowest BCUT2D eigenvalue weighted by molar-refractivity contribution is -0.116. The monoisotopic (exact) mass is 362 g/mol. The van der Waals surface area contributed by atoms with Crippen molar-refractivity contribution in [3.05, 3.63) is 23.8 Å². The van der Waals surface area contributed by atoms with Gasteiger partial charge in [0.1, 0.15) is 0 Å². The SMILES string of the molecule is COc1cc(/C=C/C(=O)NCCN(C)C2CCCC2)cc(OC)c1OC. The van der Waals surface area contributed by atoms with Gasteiger partial charge in [0.15, 0.2) is 11.5 Å². The zero-order chi connectivity index (χ0) is 18.9. The van der Waals surface area contributed by atoms with Crippen LogP contribution >= 0.6 is 0 Å². The van der Waals surface area contributed by atoms with Gasteiger partial charge in [-0.3, -0.25) is 4.79 Å². The predicted octanol–water partition coefficient (Wildman–Crippen LogP) is 2.72. The highest BCUT2D eigenvalue weighted by molar-refractivity contribution is 5.91. The minimum absolute atomic E-state index is 0.112. The first kappa shape index (κ1) is 20.1. The van der Waals surface area contributed by atoms with E-state index in [0.717, 1.165) is 12.1 Å². The number of hydrogen-bond donors (Lipinski definition) is 1. The van der Waals surface area contributed by atoms with Gasteiger partial charge in [0.2, 0.25) is 11.7 Å². The van der Waals surface area contributed by atoms with Crippen molar-refractivity contribution >= 4 is 12.0 Å². The maximum Gasteiger partial charge on any atom is 0.244 e. The number of nitrogens with one attached hydrogen (secondary N) is 1. The molecule has 1 fully saturated rings. The Morgan fingerprint density at radius 2 is 1.77 bits per heavy atom. The zero-order valence-corrected chi connectivity index (χ0v) is 16.2. The molecule has 1 N–H and O–H groups in total. The maximum atomic E-state index is 12.0. The molecule has 1 aliphatic carbocycles. The molecule has 1 aromatic rings. The Bertz CT molecular complexity index is 599. The van der Waals surface area contributed by atoms with E-state index in [9.17, 15) is 4.79 Å².